The minimum absolute atomic E-state index is 0.144. The molecule has 0 saturated carbocycles. The monoisotopic (exact) mass is 351 g/mol. The number of nitrogens with zero attached hydrogens (tertiary/aromatic N) is 2. The predicted octanol–water partition coefficient (Wildman–Crippen LogP) is 3.74. The molecule has 1 amide bonds. The first-order valence-corrected chi connectivity index (χ1v) is 7.53. The van der Waals surface area contributed by atoms with Crippen LogP contribution in [0.3, 0.4) is 0 Å². The van der Waals surface area contributed by atoms with E-state index >= 15 is 0 Å². The second-order valence-corrected chi connectivity index (χ2v) is 5.04. The van der Waals surface area contributed by atoms with Gasteiger partial charge in [0.1, 0.15) is 16.4 Å². The first kappa shape index (κ1) is 16.9. The summed E-state index contributed by atoms with van der Waals surface area (Å²) in [5, 5.41) is 14.3. The molecule has 0 radical (unpaired) electrons. The molecular weight excluding hydrogens is 338 g/mol. The zero-order valence-electron chi connectivity index (χ0n) is 13.4. The summed E-state index contributed by atoms with van der Waals surface area (Å²) in [4.78, 5) is 22.2. The van der Waals surface area contributed by atoms with Gasteiger partial charge < -0.3 is 9.15 Å². The topological polar surface area (TPSA) is 107 Å². The summed E-state index contributed by atoms with van der Waals surface area (Å²) >= 11 is 0. The highest BCUT2D eigenvalue weighted by molar-refractivity contribution is 5.97. The molecule has 0 atom stereocenters. The van der Waals surface area contributed by atoms with E-state index in [-0.39, 0.29) is 5.76 Å². The number of carbonyl (C=O) groups is 1. The van der Waals surface area contributed by atoms with Crippen LogP contribution in [0.1, 0.15) is 16.1 Å². The van der Waals surface area contributed by atoms with Crippen LogP contribution in [-0.4, -0.2) is 17.0 Å². The minimum atomic E-state index is -0.660. The van der Waals surface area contributed by atoms with Gasteiger partial charge in [-0.3, -0.25) is 14.9 Å². The molecule has 8 heteroatoms. The van der Waals surface area contributed by atoms with Crippen LogP contribution in [0, 0.1) is 10.1 Å². The van der Waals surface area contributed by atoms with Gasteiger partial charge in [-0.25, -0.2) is 5.43 Å². The number of para-hydroxylation sites is 2. The number of furan rings is 1. The number of benzene rings is 2. The van der Waals surface area contributed by atoms with Crippen molar-refractivity contribution in [2.45, 2.75) is 0 Å². The number of carbonyl (C=O) groups excluding carboxylic acids is 1. The molecule has 0 unspecified atom stereocenters. The molecule has 0 aliphatic rings. The summed E-state index contributed by atoms with van der Waals surface area (Å²) < 4.78 is 10.6. The van der Waals surface area contributed by atoms with Crippen molar-refractivity contribution >= 4 is 18.0 Å². The second kappa shape index (κ2) is 7.75. The molecule has 2 aromatic carbocycles. The molecule has 1 heterocycles. The normalized spacial score (nSPS) is 10.6. The average Bonchev–Trinajstić information content (AvgIpc) is 3.12. The van der Waals surface area contributed by atoms with Gasteiger partial charge in [0.05, 0.1) is 17.8 Å². The third-order valence-corrected chi connectivity index (χ3v) is 3.25. The quantitative estimate of drug-likeness (QED) is 0.413. The molecule has 0 saturated heterocycles. The Hall–Kier alpha value is -3.94. The zero-order chi connectivity index (χ0) is 18.4. The Morgan fingerprint density at radius 2 is 1.81 bits per heavy atom. The lowest BCUT2D eigenvalue weighted by Gasteiger charge is -2.09. The Bertz CT molecular complexity index is 950. The number of hydrazone groups is 1. The molecule has 1 aromatic heterocycles. The number of amides is 1. The van der Waals surface area contributed by atoms with E-state index in [1.807, 2.05) is 18.2 Å². The fourth-order valence-corrected chi connectivity index (χ4v) is 2.08. The molecular formula is C18H13N3O5. The summed E-state index contributed by atoms with van der Waals surface area (Å²) in [7, 11) is 0. The van der Waals surface area contributed by atoms with Gasteiger partial charge >= 0.3 is 5.88 Å². The largest absolute Gasteiger partial charge is 0.457 e. The Balaban J connectivity index is 1.69. The van der Waals surface area contributed by atoms with Gasteiger partial charge in [0, 0.05) is 0 Å². The third kappa shape index (κ3) is 4.12. The van der Waals surface area contributed by atoms with E-state index in [1.165, 1.54) is 18.3 Å². The Morgan fingerprint density at radius 3 is 2.54 bits per heavy atom. The van der Waals surface area contributed by atoms with E-state index < -0.39 is 16.7 Å². The van der Waals surface area contributed by atoms with Crippen LogP contribution in [0.2, 0.25) is 0 Å². The lowest BCUT2D eigenvalue weighted by molar-refractivity contribution is -0.402. The van der Waals surface area contributed by atoms with Gasteiger partial charge in [-0.05, 0) is 30.3 Å². The summed E-state index contributed by atoms with van der Waals surface area (Å²) in [5.74, 6) is 0.221. The smallest absolute Gasteiger partial charge is 0.433 e. The summed E-state index contributed by atoms with van der Waals surface area (Å²) in [6.07, 6.45) is 1.17. The highest BCUT2D eigenvalue weighted by atomic mass is 16.6. The number of nitro groups is 1. The molecule has 1 N–H and O–H groups in total. The highest BCUT2D eigenvalue weighted by Gasteiger charge is 2.13. The summed E-state index contributed by atoms with van der Waals surface area (Å²) in [5.41, 5.74) is 2.62. The van der Waals surface area contributed by atoms with Gasteiger partial charge in [-0.2, -0.15) is 5.10 Å². The van der Waals surface area contributed by atoms with Crippen molar-refractivity contribution in [2.24, 2.45) is 5.10 Å². The molecule has 130 valence electrons. The number of hydrogen-bond acceptors (Lipinski definition) is 6. The summed E-state index contributed by atoms with van der Waals surface area (Å²) in [6, 6.07) is 18.4. The lowest BCUT2D eigenvalue weighted by atomic mass is 10.2. The van der Waals surface area contributed by atoms with Gasteiger partial charge in [0.15, 0.2) is 5.76 Å². The van der Waals surface area contributed by atoms with Crippen LogP contribution in [-0.2, 0) is 0 Å². The second-order valence-electron chi connectivity index (χ2n) is 5.04. The fourth-order valence-electron chi connectivity index (χ4n) is 2.08. The van der Waals surface area contributed by atoms with Crippen molar-refractivity contribution in [1.82, 2.24) is 5.43 Å². The van der Waals surface area contributed by atoms with Crippen LogP contribution < -0.4 is 10.2 Å². The maximum Gasteiger partial charge on any atom is 0.433 e. The lowest BCUT2D eigenvalue weighted by Crippen LogP contribution is -2.18. The average molecular weight is 351 g/mol. The maximum atomic E-state index is 12.3. The van der Waals surface area contributed by atoms with Crippen LogP contribution in [0.15, 0.2) is 76.2 Å². The fraction of sp³-hybridized carbons (Fsp3) is 0. The van der Waals surface area contributed by atoms with Crippen molar-refractivity contribution < 1.29 is 18.9 Å². The third-order valence-electron chi connectivity index (χ3n) is 3.25. The van der Waals surface area contributed by atoms with Gasteiger partial charge in [-0.15, -0.1) is 0 Å². The van der Waals surface area contributed by atoms with E-state index in [9.17, 15) is 14.9 Å². The standard InChI is InChI=1S/C18H13N3O5/c22-18(20-19-12-14-10-11-17(26-14)21(23)24)15-8-4-5-9-16(15)25-13-6-2-1-3-7-13/h1-12H,(H,20,22)/b19-12+. The van der Waals surface area contributed by atoms with Crippen molar-refractivity contribution in [3.05, 3.63) is 88.2 Å². The molecule has 0 spiro atoms. The molecule has 0 bridgehead atoms. The predicted molar refractivity (Wildman–Crippen MR) is 93.4 cm³/mol. The summed E-state index contributed by atoms with van der Waals surface area (Å²) in [6.45, 7) is 0. The molecule has 0 aliphatic heterocycles. The number of nitrogens with one attached hydrogen (secondary N) is 1. The maximum absolute atomic E-state index is 12.3. The first-order chi connectivity index (χ1) is 12.6. The van der Waals surface area contributed by atoms with Crippen molar-refractivity contribution in [3.63, 3.8) is 0 Å². The van der Waals surface area contributed by atoms with E-state index in [2.05, 4.69) is 10.5 Å². The molecule has 3 rings (SSSR count). The van der Waals surface area contributed by atoms with E-state index in [0.29, 0.717) is 17.1 Å². The van der Waals surface area contributed by atoms with Crippen LogP contribution in [0.5, 0.6) is 11.5 Å². The minimum Gasteiger partial charge on any atom is -0.457 e. The molecule has 26 heavy (non-hydrogen) atoms. The molecule has 0 fully saturated rings. The van der Waals surface area contributed by atoms with Crippen molar-refractivity contribution in [1.29, 1.82) is 0 Å². The number of ether oxygens (including phenoxy) is 1. The first-order valence-electron chi connectivity index (χ1n) is 7.53. The van der Waals surface area contributed by atoms with Gasteiger partial charge in [0.25, 0.3) is 5.91 Å². The van der Waals surface area contributed by atoms with Gasteiger partial charge in [-0.1, -0.05) is 30.3 Å². The van der Waals surface area contributed by atoms with Crippen LogP contribution >= 0.6 is 0 Å². The number of hydrogen-bond donors (Lipinski definition) is 1. The Kier molecular flexibility index (Phi) is 5.04. The molecule has 3 aromatic rings. The Labute approximate surface area is 147 Å². The van der Waals surface area contributed by atoms with Crippen molar-refractivity contribution in [3.8, 4) is 11.5 Å². The van der Waals surface area contributed by atoms with E-state index in [1.54, 1.807) is 36.4 Å². The van der Waals surface area contributed by atoms with Crippen molar-refractivity contribution in [2.75, 3.05) is 0 Å². The SMILES string of the molecule is O=C(N/N=C/c1ccc([N+](=O)[O-])o1)c1ccccc1Oc1ccccc1. The van der Waals surface area contributed by atoms with E-state index in [4.69, 9.17) is 9.15 Å². The Morgan fingerprint density at radius 1 is 1.08 bits per heavy atom. The van der Waals surface area contributed by atoms with Crippen LogP contribution in [0.4, 0.5) is 5.88 Å². The molecule has 8 nitrogen and oxygen atoms in total. The molecule has 0 aliphatic carbocycles. The van der Waals surface area contributed by atoms with E-state index in [0.717, 1.165) is 0 Å². The van der Waals surface area contributed by atoms with Gasteiger partial charge in [0.2, 0.25) is 0 Å². The number of rotatable bonds is 6. The zero-order valence-corrected chi connectivity index (χ0v) is 13.4. The highest BCUT2D eigenvalue weighted by Crippen LogP contribution is 2.24. The van der Waals surface area contributed by atoms with Crippen LogP contribution in [0.25, 0.3) is 0 Å².